The molecule has 0 bridgehead atoms. The van der Waals surface area contributed by atoms with Crippen LogP contribution in [0.5, 0.6) is 0 Å². The molecule has 0 amide bonds. The highest BCUT2D eigenvalue weighted by atomic mass is 32.2. The van der Waals surface area contributed by atoms with E-state index in [1.165, 1.54) is 22.0 Å². The predicted molar refractivity (Wildman–Crippen MR) is 124 cm³/mol. The Balaban J connectivity index is 1.50. The molecule has 6 N–H and O–H groups in total. The fourth-order valence-corrected chi connectivity index (χ4v) is 5.16. The lowest BCUT2D eigenvalue weighted by Crippen LogP contribution is -2.61. The predicted octanol–water partition coefficient (Wildman–Crippen LogP) is 0.0506. The van der Waals surface area contributed by atoms with Gasteiger partial charge in [-0.1, -0.05) is 54.2 Å². The van der Waals surface area contributed by atoms with E-state index < -0.39 is 36.6 Å². The van der Waals surface area contributed by atoms with Gasteiger partial charge in [0.25, 0.3) is 0 Å². The summed E-state index contributed by atoms with van der Waals surface area (Å²) in [6.07, 6.45) is -6.37. The van der Waals surface area contributed by atoms with E-state index in [9.17, 15) is 25.5 Å². The van der Waals surface area contributed by atoms with Crippen molar-refractivity contribution in [1.82, 2.24) is 25.0 Å². The number of benzene rings is 1. The van der Waals surface area contributed by atoms with Gasteiger partial charge in [-0.25, -0.2) is 14.6 Å². The van der Waals surface area contributed by atoms with Crippen LogP contribution in [-0.4, -0.2) is 92.8 Å². The topological polar surface area (TPSA) is 170 Å². The number of anilines is 1. The van der Waals surface area contributed by atoms with Gasteiger partial charge < -0.3 is 30.8 Å². The molecule has 2 aliphatic rings. The third kappa shape index (κ3) is 4.14. The van der Waals surface area contributed by atoms with E-state index in [0.29, 0.717) is 22.4 Å². The molecular formula is C22H28N6O5S. The molecule has 2 unspecified atom stereocenters. The van der Waals surface area contributed by atoms with Crippen LogP contribution in [-0.2, 0) is 0 Å². The Morgan fingerprint density at radius 2 is 1.65 bits per heavy atom. The molecule has 182 valence electrons. The number of hydrogen-bond donors (Lipinski definition) is 6. The first-order valence-electron chi connectivity index (χ1n) is 11.4. The van der Waals surface area contributed by atoms with Crippen molar-refractivity contribution in [3.05, 3.63) is 35.9 Å². The molecule has 34 heavy (non-hydrogen) atoms. The van der Waals surface area contributed by atoms with Gasteiger partial charge in [-0.2, -0.15) is 0 Å². The summed E-state index contributed by atoms with van der Waals surface area (Å²) in [7, 11) is 0. The first-order chi connectivity index (χ1) is 16.4. The Labute approximate surface area is 199 Å². The number of aliphatic hydroxyl groups is 5. The molecule has 2 heterocycles. The van der Waals surface area contributed by atoms with Gasteiger partial charge in [0.2, 0.25) is 0 Å². The highest BCUT2D eigenvalue weighted by Crippen LogP contribution is 2.43. The van der Waals surface area contributed by atoms with Crippen molar-refractivity contribution in [1.29, 1.82) is 0 Å². The van der Waals surface area contributed by atoms with Gasteiger partial charge >= 0.3 is 0 Å². The highest BCUT2D eigenvalue weighted by Gasteiger charge is 2.50. The summed E-state index contributed by atoms with van der Waals surface area (Å²) in [5.74, 6) is 1.64. The summed E-state index contributed by atoms with van der Waals surface area (Å²) < 4.78 is 1.20. The summed E-state index contributed by atoms with van der Waals surface area (Å²) >= 11 is 1.46. The standard InChI is InChI=1S/C22H28N6O5S/c1-2-8-34-22-24-20(23-12-9-11(12)10-6-4-3-5-7-10)13-21(25-22)28(27-26-13)14-15(29)17(31)19(33)18(32)16(14)30/h3-7,11-12,14-19,29-33H,2,8-9H2,1H3,(H,23,24,25)/t11-,12+,14?,15-,16+,17-,18+,19?/m0/s1. The second-order valence-electron chi connectivity index (χ2n) is 8.86. The Kier molecular flexibility index (Phi) is 6.44. The normalized spacial score (nSPS) is 33.2. The zero-order valence-electron chi connectivity index (χ0n) is 18.5. The SMILES string of the molecule is CCCSc1nc(N[C@@H]2C[C@H]2c2ccccc2)c2nnn(C3[C@@H](O)[C@@H](O)C(O)[C@@H](O)[C@H]3O)c2n1. The van der Waals surface area contributed by atoms with Gasteiger partial charge in [-0.15, -0.1) is 5.10 Å². The number of thioether (sulfide) groups is 1. The molecule has 0 radical (unpaired) electrons. The van der Waals surface area contributed by atoms with E-state index >= 15 is 0 Å². The molecule has 1 aromatic carbocycles. The average molecular weight is 489 g/mol. The minimum Gasteiger partial charge on any atom is -0.388 e. The molecule has 0 spiro atoms. The number of aliphatic hydroxyl groups excluding tert-OH is 5. The lowest BCUT2D eigenvalue weighted by molar-refractivity contribution is -0.199. The molecule has 0 saturated heterocycles. The van der Waals surface area contributed by atoms with E-state index in [1.807, 2.05) is 25.1 Å². The number of nitrogens with zero attached hydrogens (tertiary/aromatic N) is 5. The first kappa shape index (κ1) is 23.4. The zero-order chi connectivity index (χ0) is 24.0. The quantitative estimate of drug-likeness (QED) is 0.196. The molecule has 3 aromatic rings. The minimum atomic E-state index is -1.69. The lowest BCUT2D eigenvalue weighted by atomic mass is 9.83. The van der Waals surface area contributed by atoms with Crippen molar-refractivity contribution in [2.24, 2.45) is 0 Å². The van der Waals surface area contributed by atoms with Crippen LogP contribution in [0, 0.1) is 0 Å². The molecule has 12 heteroatoms. The minimum absolute atomic E-state index is 0.166. The van der Waals surface area contributed by atoms with Crippen molar-refractivity contribution in [3.8, 4) is 0 Å². The lowest BCUT2D eigenvalue weighted by Gasteiger charge is -2.41. The van der Waals surface area contributed by atoms with Crippen molar-refractivity contribution < 1.29 is 25.5 Å². The van der Waals surface area contributed by atoms with Gasteiger partial charge in [0.15, 0.2) is 22.1 Å². The Hall–Kier alpha value is -2.35. The number of hydrogen-bond acceptors (Lipinski definition) is 11. The van der Waals surface area contributed by atoms with E-state index in [2.05, 4.69) is 37.7 Å². The van der Waals surface area contributed by atoms with Crippen molar-refractivity contribution >= 4 is 28.7 Å². The largest absolute Gasteiger partial charge is 0.388 e. The van der Waals surface area contributed by atoms with Crippen LogP contribution < -0.4 is 5.32 Å². The van der Waals surface area contributed by atoms with E-state index in [-0.39, 0.29) is 11.7 Å². The number of fused-ring (bicyclic) bond motifs is 1. The maximum Gasteiger partial charge on any atom is 0.191 e. The van der Waals surface area contributed by atoms with Crippen LogP contribution in [0.4, 0.5) is 5.82 Å². The van der Waals surface area contributed by atoms with Gasteiger partial charge in [-0.05, 0) is 18.4 Å². The van der Waals surface area contributed by atoms with Crippen LogP contribution in [0.15, 0.2) is 35.5 Å². The van der Waals surface area contributed by atoms with E-state index in [1.54, 1.807) is 0 Å². The fraction of sp³-hybridized carbons (Fsp3) is 0.545. The molecule has 5 rings (SSSR count). The molecule has 11 nitrogen and oxygen atoms in total. The van der Waals surface area contributed by atoms with Crippen molar-refractivity contribution in [2.45, 2.75) is 73.4 Å². The summed E-state index contributed by atoms with van der Waals surface area (Å²) in [5, 5.41) is 63.7. The van der Waals surface area contributed by atoms with Crippen molar-refractivity contribution in [3.63, 3.8) is 0 Å². The second kappa shape index (κ2) is 9.36. The Morgan fingerprint density at radius 3 is 2.32 bits per heavy atom. The van der Waals surface area contributed by atoms with Crippen LogP contribution in [0.2, 0.25) is 0 Å². The fourth-order valence-electron chi connectivity index (χ4n) is 4.47. The molecule has 0 aliphatic heterocycles. The molecule has 2 aromatic heterocycles. The maximum atomic E-state index is 10.6. The van der Waals surface area contributed by atoms with Crippen LogP contribution in [0.3, 0.4) is 0 Å². The summed E-state index contributed by atoms with van der Waals surface area (Å²) in [6.45, 7) is 2.05. The molecule has 2 aliphatic carbocycles. The third-order valence-corrected chi connectivity index (χ3v) is 7.51. The smallest absolute Gasteiger partial charge is 0.191 e. The molecule has 2 fully saturated rings. The Morgan fingerprint density at radius 1 is 0.971 bits per heavy atom. The van der Waals surface area contributed by atoms with Crippen molar-refractivity contribution in [2.75, 3.05) is 11.1 Å². The van der Waals surface area contributed by atoms with Gasteiger partial charge in [-0.3, -0.25) is 0 Å². The maximum absolute atomic E-state index is 10.6. The second-order valence-corrected chi connectivity index (χ2v) is 9.92. The van der Waals surface area contributed by atoms with Gasteiger partial charge in [0, 0.05) is 17.7 Å². The van der Waals surface area contributed by atoms with E-state index in [4.69, 9.17) is 0 Å². The number of rotatable bonds is 7. The zero-order valence-corrected chi connectivity index (χ0v) is 19.3. The molecule has 8 atom stereocenters. The average Bonchev–Trinajstić information content (AvgIpc) is 3.50. The van der Waals surface area contributed by atoms with Crippen LogP contribution >= 0.6 is 11.8 Å². The number of aromatic nitrogens is 5. The Bertz CT molecular complexity index is 1130. The summed E-state index contributed by atoms with van der Waals surface area (Å²) in [5.41, 5.74) is 1.85. The monoisotopic (exact) mass is 488 g/mol. The summed E-state index contributed by atoms with van der Waals surface area (Å²) in [6, 6.07) is 9.11. The first-order valence-corrected chi connectivity index (χ1v) is 12.4. The summed E-state index contributed by atoms with van der Waals surface area (Å²) in [4.78, 5) is 9.20. The van der Waals surface area contributed by atoms with Crippen LogP contribution in [0.25, 0.3) is 11.2 Å². The van der Waals surface area contributed by atoms with Gasteiger partial charge in [0.05, 0.1) is 0 Å². The number of nitrogens with one attached hydrogen (secondary N) is 1. The molecular weight excluding hydrogens is 460 g/mol. The molecule has 2 saturated carbocycles. The van der Waals surface area contributed by atoms with Crippen LogP contribution in [0.1, 0.15) is 37.3 Å². The van der Waals surface area contributed by atoms with E-state index in [0.717, 1.165) is 18.6 Å². The van der Waals surface area contributed by atoms with Gasteiger partial charge in [0.1, 0.15) is 36.6 Å². The third-order valence-electron chi connectivity index (χ3n) is 6.46. The highest BCUT2D eigenvalue weighted by molar-refractivity contribution is 7.99.